The van der Waals surface area contributed by atoms with E-state index in [1.807, 2.05) is 84.9 Å². The van der Waals surface area contributed by atoms with Gasteiger partial charge in [-0.3, -0.25) is 0 Å². The van der Waals surface area contributed by atoms with Gasteiger partial charge in [0.15, 0.2) is 17.5 Å². The lowest BCUT2D eigenvalue weighted by Gasteiger charge is -2.08. The van der Waals surface area contributed by atoms with E-state index in [2.05, 4.69) is 0 Å². The van der Waals surface area contributed by atoms with Crippen LogP contribution in [0.2, 0.25) is 0 Å². The first-order valence-electron chi connectivity index (χ1n) is 14.3. The van der Waals surface area contributed by atoms with E-state index >= 15 is 0 Å². The highest BCUT2D eigenvalue weighted by Gasteiger charge is 2.16. The summed E-state index contributed by atoms with van der Waals surface area (Å²) < 4.78 is 47.4. The van der Waals surface area contributed by atoms with Gasteiger partial charge in [0.2, 0.25) is 0 Å². The van der Waals surface area contributed by atoms with Gasteiger partial charge in [-0.25, -0.2) is 15.0 Å². The molecule has 0 N–H and O–H groups in total. The maximum absolute atomic E-state index is 8.47. The first-order valence-corrected chi connectivity index (χ1v) is 11.8. The second-order valence-corrected chi connectivity index (χ2v) is 8.53. The molecule has 7 aromatic rings. The summed E-state index contributed by atoms with van der Waals surface area (Å²) in [6.45, 7) is 0. The van der Waals surface area contributed by atoms with Gasteiger partial charge < -0.3 is 4.42 Å². The predicted molar refractivity (Wildman–Crippen MR) is 149 cm³/mol. The molecule has 0 aliphatic heterocycles. The summed E-state index contributed by atoms with van der Waals surface area (Å²) in [5.41, 5.74) is 4.06. The molecular formula is C33H21N3O. The van der Waals surface area contributed by atoms with Crippen LogP contribution in [0, 0.1) is 0 Å². The van der Waals surface area contributed by atoms with Crippen LogP contribution in [-0.4, -0.2) is 15.0 Å². The Morgan fingerprint density at radius 3 is 1.78 bits per heavy atom. The summed E-state index contributed by atoms with van der Waals surface area (Å²) in [6.07, 6.45) is 0. The Balaban J connectivity index is 1.43. The molecule has 0 fully saturated rings. The van der Waals surface area contributed by atoms with E-state index in [4.69, 9.17) is 26.2 Å². The summed E-state index contributed by atoms with van der Waals surface area (Å²) in [6, 6.07) is 28.8. The van der Waals surface area contributed by atoms with Crippen LogP contribution in [0.1, 0.15) is 6.85 Å². The summed E-state index contributed by atoms with van der Waals surface area (Å²) in [5, 5.41) is 1.54. The van der Waals surface area contributed by atoms with E-state index in [9.17, 15) is 0 Å². The number of hydrogen-bond acceptors (Lipinski definition) is 4. The van der Waals surface area contributed by atoms with Crippen molar-refractivity contribution in [1.82, 2.24) is 15.0 Å². The van der Waals surface area contributed by atoms with Crippen LogP contribution in [0.25, 0.3) is 67.2 Å². The molecule has 7 rings (SSSR count). The van der Waals surface area contributed by atoms with Gasteiger partial charge >= 0.3 is 0 Å². The monoisotopic (exact) mass is 480 g/mol. The lowest BCUT2D eigenvalue weighted by atomic mass is 10.0. The van der Waals surface area contributed by atoms with Crippen molar-refractivity contribution >= 4 is 21.9 Å². The molecular weight excluding hydrogens is 454 g/mol. The molecule has 0 saturated carbocycles. The molecule has 0 bridgehead atoms. The zero-order valence-electron chi connectivity index (χ0n) is 24.5. The fraction of sp³-hybridized carbons (Fsp3) is 0. The maximum Gasteiger partial charge on any atom is 0.164 e. The second-order valence-electron chi connectivity index (χ2n) is 8.53. The second kappa shape index (κ2) is 8.85. The van der Waals surface area contributed by atoms with E-state index in [0.29, 0.717) is 34.2 Å². The zero-order valence-corrected chi connectivity index (χ0v) is 19.5. The van der Waals surface area contributed by atoms with Crippen LogP contribution >= 0.6 is 0 Å². The number of para-hydroxylation sites is 1. The maximum atomic E-state index is 8.47. The van der Waals surface area contributed by atoms with E-state index in [1.54, 1.807) is 12.1 Å². The van der Waals surface area contributed by atoms with Crippen LogP contribution in [0.4, 0.5) is 0 Å². The molecule has 4 heteroatoms. The molecule has 0 radical (unpaired) electrons. The van der Waals surface area contributed by atoms with Crippen molar-refractivity contribution in [3.05, 3.63) is 127 Å². The van der Waals surface area contributed by atoms with E-state index in [0.717, 1.165) is 27.5 Å². The van der Waals surface area contributed by atoms with Crippen LogP contribution in [0.15, 0.2) is 132 Å². The average molecular weight is 481 g/mol. The van der Waals surface area contributed by atoms with E-state index in [1.165, 1.54) is 0 Å². The molecule has 2 heterocycles. The molecule has 0 unspecified atom stereocenters. The third-order valence-electron chi connectivity index (χ3n) is 6.22. The summed E-state index contributed by atoms with van der Waals surface area (Å²) >= 11 is 0. The minimum Gasteiger partial charge on any atom is -0.455 e. The van der Waals surface area contributed by atoms with Crippen LogP contribution in [0.3, 0.4) is 0 Å². The molecule has 5 aromatic carbocycles. The third kappa shape index (κ3) is 3.85. The minimum absolute atomic E-state index is 0.100. The fourth-order valence-corrected chi connectivity index (χ4v) is 4.46. The van der Waals surface area contributed by atoms with Gasteiger partial charge in [-0.05, 0) is 23.8 Å². The molecule has 4 nitrogen and oxygen atoms in total. The lowest BCUT2D eigenvalue weighted by Crippen LogP contribution is -2.00. The molecule has 0 atom stereocenters. The standard InChI is InChI=1S/C33H21N3O/c1-4-11-22(12-5-1)26-17-10-18-27-28-21-25(19-20-29(28)37-30(26)27)33-35-31(23-13-6-2-7-14-23)34-32(36-33)24-15-8-3-9-16-24/h1-21H/i1D,4D,5D,11D,12D. The number of benzene rings is 5. The van der Waals surface area contributed by atoms with Crippen molar-refractivity contribution < 1.29 is 11.3 Å². The number of rotatable bonds is 4. The number of nitrogens with zero attached hydrogens (tertiary/aromatic N) is 3. The van der Waals surface area contributed by atoms with Gasteiger partial charge in [0.1, 0.15) is 11.2 Å². The molecule has 0 spiro atoms. The fourth-order valence-electron chi connectivity index (χ4n) is 4.46. The molecule has 0 amide bonds. The van der Waals surface area contributed by atoms with E-state index in [-0.39, 0.29) is 29.7 Å². The van der Waals surface area contributed by atoms with Crippen molar-refractivity contribution in [1.29, 1.82) is 0 Å². The minimum atomic E-state index is -0.433. The molecule has 0 aliphatic rings. The third-order valence-corrected chi connectivity index (χ3v) is 6.22. The Bertz CT molecular complexity index is 2060. The summed E-state index contributed by atoms with van der Waals surface area (Å²) in [4.78, 5) is 14.4. The Morgan fingerprint density at radius 1 is 0.514 bits per heavy atom. The Hall–Kier alpha value is -5.09. The van der Waals surface area contributed by atoms with Gasteiger partial charge in [0.05, 0.1) is 6.85 Å². The van der Waals surface area contributed by atoms with Gasteiger partial charge in [-0.1, -0.05) is 109 Å². The normalized spacial score (nSPS) is 13.1. The van der Waals surface area contributed by atoms with Crippen molar-refractivity contribution in [2.45, 2.75) is 0 Å². The predicted octanol–water partition coefficient (Wildman–Crippen LogP) is 8.44. The van der Waals surface area contributed by atoms with Gasteiger partial charge in [0, 0.05) is 33.0 Å². The van der Waals surface area contributed by atoms with Crippen LogP contribution in [0.5, 0.6) is 0 Å². The first kappa shape index (κ1) is 16.6. The number of furan rings is 1. The number of hydrogen-bond donors (Lipinski definition) is 0. The lowest BCUT2D eigenvalue weighted by molar-refractivity contribution is 0.670. The van der Waals surface area contributed by atoms with Crippen LogP contribution in [-0.2, 0) is 0 Å². The van der Waals surface area contributed by atoms with Crippen LogP contribution < -0.4 is 0 Å². The highest BCUT2D eigenvalue weighted by atomic mass is 16.3. The van der Waals surface area contributed by atoms with Gasteiger partial charge in [0.25, 0.3) is 0 Å². The van der Waals surface area contributed by atoms with Crippen molar-refractivity contribution in [3.8, 4) is 45.3 Å². The first-order chi connectivity index (χ1) is 20.4. The Labute approximate surface area is 221 Å². The van der Waals surface area contributed by atoms with E-state index < -0.39 is 6.04 Å². The molecule has 37 heavy (non-hydrogen) atoms. The van der Waals surface area contributed by atoms with Gasteiger partial charge in [-0.2, -0.15) is 0 Å². The largest absolute Gasteiger partial charge is 0.455 e. The topological polar surface area (TPSA) is 51.8 Å². The molecule has 0 saturated heterocycles. The highest BCUT2D eigenvalue weighted by molar-refractivity contribution is 6.10. The average Bonchev–Trinajstić information content (AvgIpc) is 3.42. The van der Waals surface area contributed by atoms with Crippen molar-refractivity contribution in [2.75, 3.05) is 0 Å². The van der Waals surface area contributed by atoms with Crippen molar-refractivity contribution in [3.63, 3.8) is 0 Å². The Morgan fingerprint density at radius 2 is 1.14 bits per heavy atom. The molecule has 174 valence electrons. The summed E-state index contributed by atoms with van der Waals surface area (Å²) in [5.74, 6) is 1.61. The number of aromatic nitrogens is 3. The highest BCUT2D eigenvalue weighted by Crippen LogP contribution is 2.37. The summed E-state index contributed by atoms with van der Waals surface area (Å²) in [7, 11) is 0. The zero-order chi connectivity index (χ0) is 29.0. The van der Waals surface area contributed by atoms with Crippen molar-refractivity contribution in [2.24, 2.45) is 0 Å². The molecule has 0 aliphatic carbocycles. The number of fused-ring (bicyclic) bond motifs is 3. The smallest absolute Gasteiger partial charge is 0.164 e. The molecule has 2 aromatic heterocycles. The SMILES string of the molecule is [2H]c1c([2H])c([2H])c(-c2cccc3c2oc2ccc(-c4nc(-c5ccccc5)nc(-c5ccccc5)n4)cc23)c([2H])c1[2H]. The Kier molecular flexibility index (Phi) is 3.96. The quantitative estimate of drug-likeness (QED) is 0.254. The van der Waals surface area contributed by atoms with Gasteiger partial charge in [-0.15, -0.1) is 0 Å².